The van der Waals surface area contributed by atoms with Crippen LogP contribution in [0.3, 0.4) is 0 Å². The Morgan fingerprint density at radius 3 is 2.39 bits per heavy atom. The summed E-state index contributed by atoms with van der Waals surface area (Å²) in [6.45, 7) is 1.82. The van der Waals surface area contributed by atoms with E-state index in [-0.39, 0.29) is 5.69 Å². The number of carbonyl (C=O) groups excluding carboxylic acids is 1. The van der Waals surface area contributed by atoms with Gasteiger partial charge >= 0.3 is 0 Å². The highest BCUT2D eigenvalue weighted by atomic mass is 32.2. The van der Waals surface area contributed by atoms with Crippen LogP contribution in [0.4, 0.5) is 10.1 Å². The molecular weight excluding hydrogens is 383 g/mol. The number of para-hydroxylation sites is 1. The zero-order valence-electron chi connectivity index (χ0n) is 16.2. The predicted octanol–water partition coefficient (Wildman–Crippen LogP) is 2.74. The lowest BCUT2D eigenvalue weighted by molar-refractivity contribution is -0.121. The van der Waals surface area contributed by atoms with Crippen molar-refractivity contribution in [2.24, 2.45) is 0 Å². The van der Waals surface area contributed by atoms with E-state index in [1.54, 1.807) is 7.11 Å². The number of anilines is 1. The fourth-order valence-corrected chi connectivity index (χ4v) is 4.03. The summed E-state index contributed by atoms with van der Waals surface area (Å²) in [6.07, 6.45) is 2.39. The van der Waals surface area contributed by atoms with Crippen molar-refractivity contribution in [3.8, 4) is 5.75 Å². The van der Waals surface area contributed by atoms with Gasteiger partial charge in [-0.05, 0) is 49.6 Å². The second-order valence-corrected chi connectivity index (χ2v) is 8.29. The van der Waals surface area contributed by atoms with E-state index >= 15 is 0 Å². The molecule has 0 saturated heterocycles. The van der Waals surface area contributed by atoms with E-state index in [0.29, 0.717) is 13.0 Å². The molecule has 8 heteroatoms. The minimum Gasteiger partial charge on any atom is -0.497 e. The lowest BCUT2D eigenvalue weighted by atomic mass is 10.1. The molecule has 0 spiro atoms. The molecule has 1 unspecified atom stereocenters. The highest BCUT2D eigenvalue weighted by Crippen LogP contribution is 2.24. The van der Waals surface area contributed by atoms with Crippen LogP contribution in [-0.2, 0) is 21.2 Å². The summed E-state index contributed by atoms with van der Waals surface area (Å²) >= 11 is 0. The van der Waals surface area contributed by atoms with Gasteiger partial charge in [0.15, 0.2) is 0 Å². The molecule has 0 aliphatic heterocycles. The Hall–Kier alpha value is -2.61. The van der Waals surface area contributed by atoms with Crippen LogP contribution >= 0.6 is 0 Å². The highest BCUT2D eigenvalue weighted by Gasteiger charge is 2.30. The van der Waals surface area contributed by atoms with Gasteiger partial charge in [0.25, 0.3) is 0 Å². The third kappa shape index (κ3) is 5.69. The third-order valence-electron chi connectivity index (χ3n) is 4.28. The topological polar surface area (TPSA) is 75.7 Å². The molecule has 0 bridgehead atoms. The monoisotopic (exact) mass is 408 g/mol. The van der Waals surface area contributed by atoms with E-state index in [2.05, 4.69) is 5.32 Å². The highest BCUT2D eigenvalue weighted by molar-refractivity contribution is 7.92. The van der Waals surface area contributed by atoms with Crippen LogP contribution in [0.1, 0.15) is 18.9 Å². The molecule has 28 heavy (non-hydrogen) atoms. The number of nitrogens with one attached hydrogen (secondary N) is 1. The SMILES string of the molecule is COc1ccc(CCCNC(=O)C(C)N(c2ccccc2F)S(C)(=O)=O)cc1. The average molecular weight is 408 g/mol. The van der Waals surface area contributed by atoms with Gasteiger partial charge in [0.1, 0.15) is 17.6 Å². The molecule has 2 aromatic rings. The zero-order chi connectivity index (χ0) is 20.7. The molecule has 6 nitrogen and oxygen atoms in total. The second-order valence-electron chi connectivity index (χ2n) is 6.43. The summed E-state index contributed by atoms with van der Waals surface area (Å²) < 4.78 is 44.3. The van der Waals surface area contributed by atoms with Crippen molar-refractivity contribution in [3.63, 3.8) is 0 Å². The molecular formula is C20H25FN2O4S. The number of amides is 1. The number of benzene rings is 2. The summed E-state index contributed by atoms with van der Waals surface area (Å²) in [4.78, 5) is 12.5. The largest absolute Gasteiger partial charge is 0.497 e. The molecule has 0 radical (unpaired) electrons. The Kier molecular flexibility index (Phi) is 7.39. The van der Waals surface area contributed by atoms with Crippen molar-refractivity contribution in [1.82, 2.24) is 5.32 Å². The van der Waals surface area contributed by atoms with E-state index in [1.807, 2.05) is 24.3 Å². The van der Waals surface area contributed by atoms with Crippen LogP contribution in [0.5, 0.6) is 5.75 Å². The van der Waals surface area contributed by atoms with Gasteiger partial charge in [-0.15, -0.1) is 0 Å². The molecule has 1 atom stereocenters. The van der Waals surface area contributed by atoms with Crippen LogP contribution in [0.2, 0.25) is 0 Å². The molecule has 2 rings (SSSR count). The number of nitrogens with zero attached hydrogens (tertiary/aromatic N) is 1. The maximum Gasteiger partial charge on any atom is 0.243 e. The van der Waals surface area contributed by atoms with Gasteiger partial charge in [0, 0.05) is 6.54 Å². The number of ether oxygens (including phenoxy) is 1. The van der Waals surface area contributed by atoms with Crippen molar-refractivity contribution in [3.05, 3.63) is 59.9 Å². The molecule has 2 aromatic carbocycles. The number of hydrogen-bond acceptors (Lipinski definition) is 4. The van der Waals surface area contributed by atoms with Gasteiger partial charge in [-0.2, -0.15) is 0 Å². The standard InChI is InChI=1S/C20H25FN2O4S/c1-15(23(28(3,25)26)19-9-5-4-8-18(19)21)20(24)22-14-6-7-16-10-12-17(27-2)13-11-16/h4-5,8-13,15H,6-7,14H2,1-3H3,(H,22,24). The number of aryl methyl sites for hydroxylation is 1. The van der Waals surface area contributed by atoms with Gasteiger partial charge in [-0.1, -0.05) is 24.3 Å². The first-order chi connectivity index (χ1) is 13.2. The van der Waals surface area contributed by atoms with Crippen LogP contribution in [-0.4, -0.2) is 40.3 Å². The second kappa shape index (κ2) is 9.54. The molecule has 0 fully saturated rings. The zero-order valence-corrected chi connectivity index (χ0v) is 17.0. The smallest absolute Gasteiger partial charge is 0.243 e. The Bertz CT molecular complexity index is 901. The molecule has 0 aliphatic carbocycles. The van der Waals surface area contributed by atoms with E-state index in [9.17, 15) is 17.6 Å². The number of carbonyl (C=O) groups is 1. The predicted molar refractivity (Wildman–Crippen MR) is 108 cm³/mol. The fraction of sp³-hybridized carbons (Fsp3) is 0.350. The maximum absolute atomic E-state index is 14.1. The van der Waals surface area contributed by atoms with E-state index in [4.69, 9.17) is 4.74 Å². The summed E-state index contributed by atoms with van der Waals surface area (Å²) in [7, 11) is -2.24. The number of halogens is 1. The molecule has 152 valence electrons. The van der Waals surface area contributed by atoms with Crippen molar-refractivity contribution in [2.75, 3.05) is 24.2 Å². The first-order valence-corrected chi connectivity index (χ1v) is 10.7. The van der Waals surface area contributed by atoms with E-state index < -0.39 is 27.8 Å². The molecule has 1 amide bonds. The molecule has 0 heterocycles. The Morgan fingerprint density at radius 1 is 1.18 bits per heavy atom. The van der Waals surface area contributed by atoms with Crippen LogP contribution < -0.4 is 14.4 Å². The van der Waals surface area contributed by atoms with Crippen molar-refractivity contribution in [1.29, 1.82) is 0 Å². The summed E-state index contributed by atoms with van der Waals surface area (Å²) in [5.74, 6) is -0.407. The molecule has 0 aromatic heterocycles. The van der Waals surface area contributed by atoms with Crippen molar-refractivity contribution >= 4 is 21.6 Å². The van der Waals surface area contributed by atoms with Crippen LogP contribution in [0.25, 0.3) is 0 Å². The van der Waals surface area contributed by atoms with Crippen molar-refractivity contribution in [2.45, 2.75) is 25.8 Å². The summed E-state index contributed by atoms with van der Waals surface area (Å²) in [6, 6.07) is 12.0. The van der Waals surface area contributed by atoms with Gasteiger partial charge in [0.05, 0.1) is 19.1 Å². The third-order valence-corrected chi connectivity index (χ3v) is 5.51. The average Bonchev–Trinajstić information content (AvgIpc) is 2.66. The lowest BCUT2D eigenvalue weighted by Crippen LogP contribution is -2.48. The first kappa shape index (κ1) is 21.7. The molecule has 0 saturated carbocycles. The van der Waals surface area contributed by atoms with Gasteiger partial charge in [0.2, 0.25) is 15.9 Å². The minimum atomic E-state index is -3.84. The summed E-state index contributed by atoms with van der Waals surface area (Å²) in [5.41, 5.74) is 0.957. The quantitative estimate of drug-likeness (QED) is 0.648. The number of sulfonamides is 1. The Labute approximate surface area is 165 Å². The molecule has 1 N–H and O–H groups in total. The van der Waals surface area contributed by atoms with Gasteiger partial charge in [-0.25, -0.2) is 12.8 Å². The van der Waals surface area contributed by atoms with E-state index in [0.717, 1.165) is 34.4 Å². The Balaban J connectivity index is 1.96. The maximum atomic E-state index is 14.1. The van der Waals surface area contributed by atoms with Gasteiger partial charge in [-0.3, -0.25) is 9.10 Å². The Morgan fingerprint density at radius 2 is 1.82 bits per heavy atom. The number of rotatable bonds is 9. The fourth-order valence-electron chi connectivity index (χ4n) is 2.86. The van der Waals surface area contributed by atoms with Gasteiger partial charge < -0.3 is 10.1 Å². The lowest BCUT2D eigenvalue weighted by Gasteiger charge is -2.28. The minimum absolute atomic E-state index is 0.147. The normalized spacial score (nSPS) is 12.3. The number of methoxy groups -OCH3 is 1. The number of hydrogen-bond donors (Lipinski definition) is 1. The van der Waals surface area contributed by atoms with E-state index in [1.165, 1.54) is 25.1 Å². The molecule has 0 aliphatic rings. The van der Waals surface area contributed by atoms with Crippen molar-refractivity contribution < 1.29 is 22.3 Å². The van der Waals surface area contributed by atoms with Crippen LogP contribution in [0.15, 0.2) is 48.5 Å². The first-order valence-electron chi connectivity index (χ1n) is 8.88. The van der Waals surface area contributed by atoms with Crippen LogP contribution in [0, 0.1) is 5.82 Å². The summed E-state index contributed by atoms with van der Waals surface area (Å²) in [5, 5.41) is 2.72.